The van der Waals surface area contributed by atoms with Crippen LogP contribution in [0.2, 0.25) is 0 Å². The lowest BCUT2D eigenvalue weighted by molar-refractivity contribution is 1.30. The van der Waals surface area contributed by atoms with Gasteiger partial charge in [0.2, 0.25) is 0 Å². The highest BCUT2D eigenvalue weighted by Gasteiger charge is 2.17. The first kappa shape index (κ1) is 22.3. The molecule has 2 heteroatoms. The molecule has 6 aromatic carbocycles. The van der Waals surface area contributed by atoms with E-state index in [9.17, 15) is 0 Å². The van der Waals surface area contributed by atoms with Gasteiger partial charge >= 0.3 is 0 Å². The average molecular weight is 526 g/mol. The minimum absolute atomic E-state index is 1.09. The molecule has 0 spiro atoms. The van der Waals surface area contributed by atoms with Gasteiger partial charge in [-0.05, 0) is 70.1 Å². The summed E-state index contributed by atoms with van der Waals surface area (Å²) in [7, 11) is 0. The zero-order valence-corrected chi connectivity index (χ0v) is 21.3. The van der Waals surface area contributed by atoms with Crippen LogP contribution in [0.1, 0.15) is 0 Å². The highest BCUT2D eigenvalue weighted by atomic mass is 79.9. The molecule has 0 saturated heterocycles. The van der Waals surface area contributed by atoms with Crippen molar-refractivity contribution in [3.05, 3.63) is 150 Å². The summed E-state index contributed by atoms with van der Waals surface area (Å²) in [4.78, 5) is 2.35. The third-order valence-electron chi connectivity index (χ3n) is 6.54. The number of fused-ring (bicyclic) bond motifs is 1. The highest BCUT2D eigenvalue weighted by molar-refractivity contribution is 9.10. The van der Waals surface area contributed by atoms with Gasteiger partial charge in [-0.3, -0.25) is 0 Å². The molecule has 0 amide bonds. The maximum Gasteiger partial charge on any atom is 0.0540 e. The minimum atomic E-state index is 1.09. The van der Waals surface area contributed by atoms with Crippen molar-refractivity contribution < 1.29 is 0 Å². The number of benzene rings is 6. The van der Waals surface area contributed by atoms with Gasteiger partial charge in [0.1, 0.15) is 0 Å². The first-order valence-electron chi connectivity index (χ1n) is 12.1. The van der Waals surface area contributed by atoms with E-state index in [4.69, 9.17) is 0 Å². The number of hydrogen-bond donors (Lipinski definition) is 0. The average Bonchev–Trinajstić information content (AvgIpc) is 2.95. The number of para-hydroxylation sites is 1. The molecule has 0 aliphatic carbocycles. The predicted octanol–water partition coefficient (Wildman–Crippen LogP) is 10.4. The van der Waals surface area contributed by atoms with Crippen LogP contribution in [-0.2, 0) is 0 Å². The maximum atomic E-state index is 3.53. The van der Waals surface area contributed by atoms with Crippen LogP contribution in [0.5, 0.6) is 0 Å². The summed E-state index contributed by atoms with van der Waals surface area (Å²) < 4.78 is 1.09. The van der Waals surface area contributed by atoms with Crippen LogP contribution in [0.25, 0.3) is 33.0 Å². The Hall–Kier alpha value is -4.14. The smallest absolute Gasteiger partial charge is 0.0540 e. The predicted molar refractivity (Wildman–Crippen MR) is 157 cm³/mol. The van der Waals surface area contributed by atoms with Crippen molar-refractivity contribution in [1.29, 1.82) is 0 Å². The minimum Gasteiger partial charge on any atom is -0.310 e. The van der Waals surface area contributed by atoms with Gasteiger partial charge in [-0.25, -0.2) is 0 Å². The number of nitrogens with zero attached hydrogens (tertiary/aromatic N) is 1. The van der Waals surface area contributed by atoms with Crippen LogP contribution in [-0.4, -0.2) is 0 Å². The molecule has 0 aliphatic rings. The summed E-state index contributed by atoms with van der Waals surface area (Å²) in [5.41, 5.74) is 8.29. The lowest BCUT2D eigenvalue weighted by Gasteiger charge is -2.27. The van der Waals surface area contributed by atoms with Crippen molar-refractivity contribution >= 4 is 43.8 Å². The fraction of sp³-hybridized carbons (Fsp3) is 0. The van der Waals surface area contributed by atoms with Crippen molar-refractivity contribution in [2.45, 2.75) is 0 Å². The molecule has 172 valence electrons. The molecule has 0 radical (unpaired) electrons. The summed E-state index contributed by atoms with van der Waals surface area (Å²) in [5.74, 6) is 0. The second-order valence-corrected chi connectivity index (χ2v) is 9.68. The highest BCUT2D eigenvalue weighted by Crippen LogP contribution is 2.42. The first-order chi connectivity index (χ1) is 17.8. The van der Waals surface area contributed by atoms with E-state index >= 15 is 0 Å². The first-order valence-corrected chi connectivity index (χ1v) is 12.9. The maximum absolute atomic E-state index is 3.53. The van der Waals surface area contributed by atoms with E-state index in [-0.39, 0.29) is 0 Å². The second-order valence-electron chi connectivity index (χ2n) is 8.77. The van der Waals surface area contributed by atoms with Gasteiger partial charge in [-0.15, -0.1) is 0 Å². The molecule has 0 bridgehead atoms. The standard InChI is InChI=1S/C34H24BrN/c35-28-19-15-25(16-20-28)26-17-21-30(22-18-26)36(29-11-5-2-6-12-29)34-24-23-31(27-9-3-1-4-10-27)32-13-7-8-14-33(32)34/h1-24H. The van der Waals surface area contributed by atoms with Gasteiger partial charge in [0.15, 0.2) is 0 Å². The van der Waals surface area contributed by atoms with Crippen LogP contribution in [0.3, 0.4) is 0 Å². The molecule has 0 aromatic heterocycles. The topological polar surface area (TPSA) is 3.24 Å². The summed E-state index contributed by atoms with van der Waals surface area (Å²) in [6.45, 7) is 0. The van der Waals surface area contributed by atoms with Crippen molar-refractivity contribution in [2.24, 2.45) is 0 Å². The van der Waals surface area contributed by atoms with Crippen LogP contribution < -0.4 is 4.90 Å². The molecule has 1 nitrogen and oxygen atoms in total. The molecule has 36 heavy (non-hydrogen) atoms. The Kier molecular flexibility index (Phi) is 6.11. The van der Waals surface area contributed by atoms with Crippen molar-refractivity contribution in [3.8, 4) is 22.3 Å². The fourth-order valence-electron chi connectivity index (χ4n) is 4.80. The lowest BCUT2D eigenvalue weighted by Crippen LogP contribution is -2.10. The molecule has 0 saturated carbocycles. The Morgan fingerprint density at radius 2 is 0.917 bits per heavy atom. The third kappa shape index (κ3) is 4.32. The third-order valence-corrected chi connectivity index (χ3v) is 7.07. The molecule has 0 heterocycles. The summed E-state index contributed by atoms with van der Waals surface area (Å²) in [6.07, 6.45) is 0. The van der Waals surface area contributed by atoms with E-state index in [1.54, 1.807) is 0 Å². The van der Waals surface area contributed by atoms with Crippen molar-refractivity contribution in [2.75, 3.05) is 4.90 Å². The molecule has 0 aliphatic heterocycles. The fourth-order valence-corrected chi connectivity index (χ4v) is 5.06. The summed E-state index contributed by atoms with van der Waals surface area (Å²) in [6, 6.07) is 51.7. The van der Waals surface area contributed by atoms with E-state index in [1.165, 1.54) is 33.0 Å². The van der Waals surface area contributed by atoms with Crippen LogP contribution in [0.15, 0.2) is 150 Å². The quantitative estimate of drug-likeness (QED) is 0.216. The van der Waals surface area contributed by atoms with E-state index in [0.29, 0.717) is 0 Å². The van der Waals surface area contributed by atoms with Crippen LogP contribution >= 0.6 is 15.9 Å². The molecule has 6 rings (SSSR count). The van der Waals surface area contributed by atoms with Crippen LogP contribution in [0, 0.1) is 0 Å². The van der Waals surface area contributed by atoms with Crippen LogP contribution in [0.4, 0.5) is 17.1 Å². The Labute approximate surface area is 220 Å². The molecule has 0 N–H and O–H groups in total. The number of rotatable bonds is 5. The molecule has 0 unspecified atom stereocenters. The van der Waals surface area contributed by atoms with Crippen molar-refractivity contribution in [3.63, 3.8) is 0 Å². The molecule has 0 atom stereocenters. The van der Waals surface area contributed by atoms with Gasteiger partial charge in [0.05, 0.1) is 5.69 Å². The SMILES string of the molecule is Brc1ccc(-c2ccc(N(c3ccccc3)c3ccc(-c4ccccc4)c4ccccc34)cc2)cc1. The lowest BCUT2D eigenvalue weighted by atomic mass is 9.96. The normalized spacial score (nSPS) is 10.9. The van der Waals surface area contributed by atoms with E-state index < -0.39 is 0 Å². The van der Waals surface area contributed by atoms with Gasteiger partial charge in [0, 0.05) is 21.2 Å². The van der Waals surface area contributed by atoms with E-state index in [0.717, 1.165) is 21.5 Å². The molecular formula is C34H24BrN. The Balaban J connectivity index is 1.50. The monoisotopic (exact) mass is 525 g/mol. The number of hydrogen-bond acceptors (Lipinski definition) is 1. The zero-order valence-electron chi connectivity index (χ0n) is 19.7. The zero-order chi connectivity index (χ0) is 24.3. The van der Waals surface area contributed by atoms with Gasteiger partial charge in [0.25, 0.3) is 0 Å². The van der Waals surface area contributed by atoms with E-state index in [2.05, 4.69) is 166 Å². The Morgan fingerprint density at radius 3 is 1.58 bits per heavy atom. The van der Waals surface area contributed by atoms with Crippen molar-refractivity contribution in [1.82, 2.24) is 0 Å². The van der Waals surface area contributed by atoms with Gasteiger partial charge < -0.3 is 4.90 Å². The molecule has 0 fully saturated rings. The van der Waals surface area contributed by atoms with Gasteiger partial charge in [-0.1, -0.05) is 119 Å². The molecule has 6 aromatic rings. The number of halogens is 1. The Morgan fingerprint density at radius 1 is 0.389 bits per heavy atom. The largest absolute Gasteiger partial charge is 0.310 e. The summed E-state index contributed by atoms with van der Waals surface area (Å²) >= 11 is 3.53. The molecular weight excluding hydrogens is 502 g/mol. The summed E-state index contributed by atoms with van der Waals surface area (Å²) in [5, 5.41) is 2.47. The van der Waals surface area contributed by atoms with E-state index in [1.807, 2.05) is 0 Å². The Bertz CT molecular complexity index is 1610. The number of anilines is 3. The van der Waals surface area contributed by atoms with Gasteiger partial charge in [-0.2, -0.15) is 0 Å². The second kappa shape index (κ2) is 9.85.